The molecule has 0 bridgehead atoms. The molecule has 0 saturated heterocycles. The molecule has 0 aliphatic rings. The van der Waals surface area contributed by atoms with E-state index in [1.807, 2.05) is 0 Å². The molecule has 0 amide bonds. The van der Waals surface area contributed by atoms with E-state index in [4.69, 9.17) is 5.11 Å². The van der Waals surface area contributed by atoms with Crippen LogP contribution in [-0.4, -0.2) is 31.5 Å². The van der Waals surface area contributed by atoms with Crippen molar-refractivity contribution in [3.63, 3.8) is 0 Å². The first-order valence-corrected chi connectivity index (χ1v) is 6.08. The molecule has 4 nitrogen and oxygen atoms in total. The van der Waals surface area contributed by atoms with E-state index < -0.39 is 21.2 Å². The van der Waals surface area contributed by atoms with Gasteiger partial charge in [-0.25, -0.2) is 8.42 Å². The molecule has 0 spiro atoms. The van der Waals surface area contributed by atoms with Crippen molar-refractivity contribution in [2.24, 2.45) is 5.41 Å². The summed E-state index contributed by atoms with van der Waals surface area (Å²) in [6, 6.07) is 0. The highest BCUT2D eigenvalue weighted by molar-refractivity contribution is 7.90. The zero-order chi connectivity index (χ0) is 10.7. The standard InChI is InChI=1S/C8H16O4S/c1-8(2,6-7(9)10)4-5-13(3,11)12/h4-6H2,1-3H3,(H,9,10). The van der Waals surface area contributed by atoms with Crippen LogP contribution in [0.2, 0.25) is 0 Å². The Bertz CT molecular complexity index is 277. The quantitative estimate of drug-likeness (QED) is 0.729. The molecule has 0 heterocycles. The van der Waals surface area contributed by atoms with Crippen LogP contribution < -0.4 is 0 Å². The lowest BCUT2D eigenvalue weighted by Gasteiger charge is -2.21. The van der Waals surface area contributed by atoms with E-state index in [1.54, 1.807) is 13.8 Å². The summed E-state index contributed by atoms with van der Waals surface area (Å²) >= 11 is 0. The predicted octanol–water partition coefficient (Wildman–Crippen LogP) is 0.922. The number of hydrogen-bond acceptors (Lipinski definition) is 3. The van der Waals surface area contributed by atoms with Crippen molar-refractivity contribution in [2.75, 3.05) is 12.0 Å². The highest BCUT2D eigenvalue weighted by Crippen LogP contribution is 2.25. The van der Waals surface area contributed by atoms with Crippen LogP contribution in [0.25, 0.3) is 0 Å². The van der Waals surface area contributed by atoms with E-state index in [9.17, 15) is 13.2 Å². The molecule has 0 aromatic rings. The van der Waals surface area contributed by atoms with Crippen molar-refractivity contribution in [2.45, 2.75) is 26.7 Å². The molecule has 0 unspecified atom stereocenters. The third kappa shape index (κ3) is 7.77. The van der Waals surface area contributed by atoms with Crippen LogP contribution in [0.5, 0.6) is 0 Å². The molecule has 0 aromatic heterocycles. The van der Waals surface area contributed by atoms with E-state index in [-0.39, 0.29) is 12.2 Å². The van der Waals surface area contributed by atoms with Gasteiger partial charge in [0, 0.05) is 6.26 Å². The first kappa shape index (κ1) is 12.4. The number of rotatable bonds is 5. The van der Waals surface area contributed by atoms with Gasteiger partial charge in [0.2, 0.25) is 0 Å². The van der Waals surface area contributed by atoms with Crippen molar-refractivity contribution in [1.82, 2.24) is 0 Å². The summed E-state index contributed by atoms with van der Waals surface area (Å²) in [5.74, 6) is -0.841. The summed E-state index contributed by atoms with van der Waals surface area (Å²) in [6.45, 7) is 3.51. The van der Waals surface area contributed by atoms with Crippen molar-refractivity contribution < 1.29 is 18.3 Å². The summed E-state index contributed by atoms with van der Waals surface area (Å²) < 4.78 is 21.6. The van der Waals surface area contributed by atoms with Crippen molar-refractivity contribution in [3.8, 4) is 0 Å². The molecule has 0 radical (unpaired) electrons. The van der Waals surface area contributed by atoms with Gasteiger partial charge in [-0.3, -0.25) is 4.79 Å². The Labute approximate surface area is 78.9 Å². The molecule has 0 aromatic carbocycles. The van der Waals surface area contributed by atoms with Gasteiger partial charge in [-0.2, -0.15) is 0 Å². The van der Waals surface area contributed by atoms with Gasteiger partial charge in [-0.05, 0) is 11.8 Å². The molecule has 13 heavy (non-hydrogen) atoms. The minimum Gasteiger partial charge on any atom is -0.481 e. The molecular formula is C8H16O4S. The first-order chi connectivity index (χ1) is 5.62. The number of aliphatic carboxylic acids is 1. The highest BCUT2D eigenvalue weighted by atomic mass is 32.2. The molecule has 0 aliphatic carbocycles. The second-order valence-electron chi connectivity index (χ2n) is 4.11. The molecule has 5 heteroatoms. The summed E-state index contributed by atoms with van der Waals surface area (Å²) in [7, 11) is -2.99. The Balaban J connectivity index is 4.11. The van der Waals surface area contributed by atoms with E-state index in [0.29, 0.717) is 6.42 Å². The Morgan fingerprint density at radius 2 is 1.85 bits per heavy atom. The van der Waals surface area contributed by atoms with Crippen LogP contribution in [-0.2, 0) is 14.6 Å². The van der Waals surface area contributed by atoms with E-state index in [2.05, 4.69) is 0 Å². The minimum absolute atomic E-state index is 0.00250. The van der Waals surface area contributed by atoms with Gasteiger partial charge < -0.3 is 5.11 Å². The maximum Gasteiger partial charge on any atom is 0.303 e. The molecule has 78 valence electrons. The number of carbonyl (C=O) groups is 1. The van der Waals surface area contributed by atoms with E-state index in [1.165, 1.54) is 0 Å². The third-order valence-corrected chi connectivity index (χ3v) is 2.73. The third-order valence-electron chi connectivity index (χ3n) is 1.78. The van der Waals surface area contributed by atoms with Gasteiger partial charge in [-0.1, -0.05) is 13.8 Å². The van der Waals surface area contributed by atoms with Crippen LogP contribution in [0.1, 0.15) is 26.7 Å². The number of carboxylic acids is 1. The second-order valence-corrected chi connectivity index (χ2v) is 6.37. The Morgan fingerprint density at radius 1 is 1.38 bits per heavy atom. The largest absolute Gasteiger partial charge is 0.481 e. The molecule has 0 atom stereocenters. The van der Waals surface area contributed by atoms with Gasteiger partial charge in [0.15, 0.2) is 0 Å². The van der Waals surface area contributed by atoms with Gasteiger partial charge in [-0.15, -0.1) is 0 Å². The fourth-order valence-corrected chi connectivity index (χ4v) is 1.88. The molecule has 0 fully saturated rings. The SMILES string of the molecule is CC(C)(CCS(C)(=O)=O)CC(=O)O. The summed E-state index contributed by atoms with van der Waals surface area (Å²) in [4.78, 5) is 10.4. The van der Waals surface area contributed by atoms with Crippen LogP contribution in [0, 0.1) is 5.41 Å². The van der Waals surface area contributed by atoms with Gasteiger partial charge >= 0.3 is 5.97 Å². The lowest BCUT2D eigenvalue weighted by molar-refractivity contribution is -0.139. The maximum atomic E-state index is 10.8. The highest BCUT2D eigenvalue weighted by Gasteiger charge is 2.23. The minimum atomic E-state index is -2.99. The zero-order valence-corrected chi connectivity index (χ0v) is 9.02. The predicted molar refractivity (Wildman–Crippen MR) is 50.4 cm³/mol. The van der Waals surface area contributed by atoms with Crippen LogP contribution in [0.4, 0.5) is 0 Å². The molecule has 0 aliphatic heterocycles. The van der Waals surface area contributed by atoms with Gasteiger partial charge in [0.1, 0.15) is 9.84 Å². The molecule has 0 rings (SSSR count). The Morgan fingerprint density at radius 3 is 2.15 bits per heavy atom. The normalized spacial score (nSPS) is 12.8. The summed E-state index contributed by atoms with van der Waals surface area (Å²) in [6.07, 6.45) is 1.55. The molecule has 0 saturated carbocycles. The Kier molecular flexibility index (Phi) is 3.90. The summed E-state index contributed by atoms with van der Waals surface area (Å²) in [5.41, 5.74) is -0.449. The van der Waals surface area contributed by atoms with Gasteiger partial charge in [0.05, 0.1) is 12.2 Å². The average Bonchev–Trinajstić information content (AvgIpc) is 1.79. The lowest BCUT2D eigenvalue weighted by Crippen LogP contribution is -2.20. The van der Waals surface area contributed by atoms with Crippen molar-refractivity contribution >= 4 is 15.8 Å². The van der Waals surface area contributed by atoms with Crippen molar-refractivity contribution in [1.29, 1.82) is 0 Å². The van der Waals surface area contributed by atoms with E-state index in [0.717, 1.165) is 6.26 Å². The number of sulfone groups is 1. The van der Waals surface area contributed by atoms with E-state index >= 15 is 0 Å². The Hall–Kier alpha value is -0.580. The van der Waals surface area contributed by atoms with Gasteiger partial charge in [0.25, 0.3) is 0 Å². The van der Waals surface area contributed by atoms with Crippen LogP contribution >= 0.6 is 0 Å². The monoisotopic (exact) mass is 208 g/mol. The smallest absolute Gasteiger partial charge is 0.303 e. The van der Waals surface area contributed by atoms with Crippen molar-refractivity contribution in [3.05, 3.63) is 0 Å². The number of hydrogen-bond donors (Lipinski definition) is 1. The summed E-state index contributed by atoms with van der Waals surface area (Å²) in [5, 5.41) is 8.53. The number of carboxylic acid groups (broad SMARTS) is 1. The fourth-order valence-electron chi connectivity index (χ4n) is 0.959. The maximum absolute atomic E-state index is 10.8. The second kappa shape index (κ2) is 4.09. The molecular weight excluding hydrogens is 192 g/mol. The average molecular weight is 208 g/mol. The first-order valence-electron chi connectivity index (χ1n) is 4.02. The zero-order valence-electron chi connectivity index (χ0n) is 8.20. The molecule has 1 N–H and O–H groups in total. The van der Waals surface area contributed by atoms with Crippen LogP contribution in [0.3, 0.4) is 0 Å². The topological polar surface area (TPSA) is 71.4 Å². The fraction of sp³-hybridized carbons (Fsp3) is 0.875. The van der Waals surface area contributed by atoms with Crippen LogP contribution in [0.15, 0.2) is 0 Å². The lowest BCUT2D eigenvalue weighted by atomic mass is 9.87.